The van der Waals surface area contributed by atoms with Gasteiger partial charge in [0.1, 0.15) is 0 Å². The van der Waals surface area contributed by atoms with Gasteiger partial charge in [0.25, 0.3) is 5.56 Å². The fourth-order valence-corrected chi connectivity index (χ4v) is 2.15. The summed E-state index contributed by atoms with van der Waals surface area (Å²) < 4.78 is 3.71. The van der Waals surface area contributed by atoms with Crippen LogP contribution in [0.5, 0.6) is 0 Å². The molecule has 0 aliphatic heterocycles. The van der Waals surface area contributed by atoms with Crippen molar-refractivity contribution in [1.29, 1.82) is 0 Å². The molecule has 0 saturated heterocycles. The molecule has 0 radical (unpaired) electrons. The minimum atomic E-state index is -0.149. The molecule has 0 amide bonds. The van der Waals surface area contributed by atoms with E-state index in [1.807, 2.05) is 13.0 Å². The Morgan fingerprint density at radius 2 is 2.05 bits per heavy atom. The Hall–Kier alpha value is -1.76. The van der Waals surface area contributed by atoms with Crippen molar-refractivity contribution in [2.75, 3.05) is 0 Å². The summed E-state index contributed by atoms with van der Waals surface area (Å²) in [6.45, 7) is 8.83. The number of hydrogen-bond donors (Lipinski definition) is 1. The first-order chi connectivity index (χ1) is 9.75. The van der Waals surface area contributed by atoms with Gasteiger partial charge >= 0.3 is 0 Å². The Bertz CT molecular complexity index is 763. The van der Waals surface area contributed by atoms with Gasteiger partial charge < -0.3 is 4.57 Å². The zero-order chi connectivity index (χ0) is 15.8. The fourth-order valence-electron chi connectivity index (χ4n) is 2.02. The largest absolute Gasteiger partial charge is 0.303 e. The van der Waals surface area contributed by atoms with Gasteiger partial charge in [-0.2, -0.15) is 10.2 Å². The van der Waals surface area contributed by atoms with Crippen LogP contribution in [0.2, 0.25) is 0 Å². The summed E-state index contributed by atoms with van der Waals surface area (Å²) in [5.74, 6) is 0.544. The maximum atomic E-state index is 12.6. The first kappa shape index (κ1) is 15.6. The molecule has 1 N–H and O–H groups in total. The standard InChI is InChI=1S/C14H21N5OS/c1-6-7-19-12(20)9(8-10(17-19)14(2,3)4)11-15-16-13(21)18(11)5/h8H,6-7H2,1-5H3,(H,16,21). The van der Waals surface area contributed by atoms with Crippen molar-refractivity contribution in [2.24, 2.45) is 7.05 Å². The molecule has 0 bridgehead atoms. The van der Waals surface area contributed by atoms with Crippen molar-refractivity contribution in [3.8, 4) is 11.4 Å². The lowest BCUT2D eigenvalue weighted by Gasteiger charge is -2.19. The van der Waals surface area contributed by atoms with E-state index < -0.39 is 0 Å². The first-order valence-electron chi connectivity index (χ1n) is 7.00. The number of aromatic nitrogens is 5. The van der Waals surface area contributed by atoms with Crippen LogP contribution >= 0.6 is 12.2 Å². The van der Waals surface area contributed by atoms with E-state index in [4.69, 9.17) is 12.2 Å². The molecule has 0 spiro atoms. The predicted molar refractivity (Wildman–Crippen MR) is 84.9 cm³/mol. The summed E-state index contributed by atoms with van der Waals surface area (Å²) in [6, 6.07) is 1.82. The molecule has 0 aliphatic carbocycles. The van der Waals surface area contributed by atoms with Crippen LogP contribution in [0.25, 0.3) is 11.4 Å². The number of nitrogens with one attached hydrogen (secondary N) is 1. The molecule has 2 aromatic rings. The Morgan fingerprint density at radius 1 is 1.38 bits per heavy atom. The third-order valence-electron chi connectivity index (χ3n) is 3.30. The number of hydrogen-bond acceptors (Lipinski definition) is 4. The van der Waals surface area contributed by atoms with Crippen molar-refractivity contribution in [1.82, 2.24) is 24.5 Å². The smallest absolute Gasteiger partial charge is 0.277 e. The molecule has 6 nitrogen and oxygen atoms in total. The van der Waals surface area contributed by atoms with Crippen molar-refractivity contribution >= 4 is 12.2 Å². The van der Waals surface area contributed by atoms with Gasteiger partial charge in [-0.1, -0.05) is 27.7 Å². The quantitative estimate of drug-likeness (QED) is 0.884. The Balaban J connectivity index is 2.76. The molecule has 0 fully saturated rings. The van der Waals surface area contributed by atoms with E-state index >= 15 is 0 Å². The Labute approximate surface area is 128 Å². The molecule has 2 rings (SSSR count). The lowest BCUT2D eigenvalue weighted by molar-refractivity contribution is 0.497. The maximum Gasteiger partial charge on any atom is 0.277 e. The van der Waals surface area contributed by atoms with Crippen LogP contribution in [0.3, 0.4) is 0 Å². The molecule has 2 aromatic heterocycles. The molecule has 7 heteroatoms. The van der Waals surface area contributed by atoms with Crippen LogP contribution in [0, 0.1) is 4.77 Å². The molecule has 0 atom stereocenters. The minimum Gasteiger partial charge on any atom is -0.303 e. The van der Waals surface area contributed by atoms with Crippen molar-refractivity contribution < 1.29 is 0 Å². The van der Waals surface area contributed by atoms with Gasteiger partial charge in [-0.05, 0) is 24.7 Å². The van der Waals surface area contributed by atoms with Gasteiger partial charge in [-0.25, -0.2) is 4.68 Å². The monoisotopic (exact) mass is 307 g/mol. The second kappa shape index (κ2) is 5.55. The highest BCUT2D eigenvalue weighted by Gasteiger charge is 2.21. The van der Waals surface area contributed by atoms with Gasteiger partial charge in [0.2, 0.25) is 0 Å². The Morgan fingerprint density at radius 3 is 2.52 bits per heavy atom. The van der Waals surface area contributed by atoms with E-state index in [-0.39, 0.29) is 11.0 Å². The van der Waals surface area contributed by atoms with E-state index in [1.54, 1.807) is 11.6 Å². The molecule has 2 heterocycles. The van der Waals surface area contributed by atoms with Gasteiger partial charge in [-0.15, -0.1) is 0 Å². The van der Waals surface area contributed by atoms with Gasteiger partial charge in [0.05, 0.1) is 11.3 Å². The second-order valence-electron chi connectivity index (χ2n) is 6.13. The number of aromatic amines is 1. The topological polar surface area (TPSA) is 68.5 Å². The summed E-state index contributed by atoms with van der Waals surface area (Å²) in [6.07, 6.45) is 0.846. The minimum absolute atomic E-state index is 0.137. The number of nitrogens with zero attached hydrogens (tertiary/aromatic N) is 4. The van der Waals surface area contributed by atoms with Crippen molar-refractivity contribution in [2.45, 2.75) is 46.1 Å². The highest BCUT2D eigenvalue weighted by atomic mass is 32.1. The van der Waals surface area contributed by atoms with Crippen LogP contribution in [-0.4, -0.2) is 24.5 Å². The lowest BCUT2D eigenvalue weighted by Crippen LogP contribution is -2.29. The fraction of sp³-hybridized carbons (Fsp3) is 0.571. The Kier molecular flexibility index (Phi) is 4.13. The normalized spacial score (nSPS) is 11.9. The van der Waals surface area contributed by atoms with E-state index in [0.717, 1.165) is 12.1 Å². The average molecular weight is 307 g/mol. The molecule has 0 saturated carbocycles. The molecule has 0 aliphatic rings. The molecular formula is C14H21N5OS. The van der Waals surface area contributed by atoms with E-state index in [0.29, 0.717) is 22.7 Å². The predicted octanol–water partition coefficient (Wildman–Crippen LogP) is 2.41. The maximum absolute atomic E-state index is 12.6. The van der Waals surface area contributed by atoms with Gasteiger partial charge in [0, 0.05) is 19.0 Å². The third kappa shape index (κ3) is 2.97. The lowest BCUT2D eigenvalue weighted by atomic mass is 9.91. The summed E-state index contributed by atoms with van der Waals surface area (Å²) >= 11 is 5.13. The van der Waals surface area contributed by atoms with Crippen LogP contribution in [0.4, 0.5) is 0 Å². The van der Waals surface area contributed by atoms with Crippen molar-refractivity contribution in [3.05, 3.63) is 26.9 Å². The van der Waals surface area contributed by atoms with Crippen LogP contribution < -0.4 is 5.56 Å². The van der Waals surface area contributed by atoms with E-state index in [9.17, 15) is 4.79 Å². The van der Waals surface area contributed by atoms with E-state index in [2.05, 4.69) is 36.1 Å². The number of H-pyrrole nitrogens is 1. The molecule has 114 valence electrons. The molecule has 0 unspecified atom stereocenters. The SMILES string of the molecule is CCCn1nc(C(C)(C)C)cc(-c2n[nH]c(=S)n2C)c1=O. The molecular weight excluding hydrogens is 286 g/mol. The summed E-state index contributed by atoms with van der Waals surface area (Å²) in [5.41, 5.74) is 1.10. The van der Waals surface area contributed by atoms with Crippen molar-refractivity contribution in [3.63, 3.8) is 0 Å². The van der Waals surface area contributed by atoms with E-state index in [1.165, 1.54) is 4.68 Å². The number of rotatable bonds is 3. The number of aryl methyl sites for hydroxylation is 1. The highest BCUT2D eigenvalue weighted by Crippen LogP contribution is 2.22. The average Bonchev–Trinajstić information content (AvgIpc) is 2.72. The van der Waals surface area contributed by atoms with Gasteiger partial charge in [0.15, 0.2) is 10.6 Å². The van der Waals surface area contributed by atoms with Crippen LogP contribution in [0.1, 0.15) is 39.8 Å². The summed E-state index contributed by atoms with van der Waals surface area (Å²) in [4.78, 5) is 12.6. The second-order valence-corrected chi connectivity index (χ2v) is 6.52. The highest BCUT2D eigenvalue weighted by molar-refractivity contribution is 7.71. The van der Waals surface area contributed by atoms with Crippen LogP contribution in [-0.2, 0) is 19.0 Å². The molecule has 0 aromatic carbocycles. The molecule has 21 heavy (non-hydrogen) atoms. The zero-order valence-corrected chi connectivity index (χ0v) is 13.9. The summed E-state index contributed by atoms with van der Waals surface area (Å²) in [5, 5.41) is 11.4. The van der Waals surface area contributed by atoms with Gasteiger partial charge in [-0.3, -0.25) is 9.89 Å². The van der Waals surface area contributed by atoms with Crippen LogP contribution in [0.15, 0.2) is 10.9 Å². The summed E-state index contributed by atoms with van der Waals surface area (Å²) in [7, 11) is 1.79. The first-order valence-corrected chi connectivity index (χ1v) is 7.41. The zero-order valence-electron chi connectivity index (χ0n) is 13.1. The third-order valence-corrected chi connectivity index (χ3v) is 3.66.